The molecule has 0 aliphatic carbocycles. The minimum Gasteiger partial charge on any atom is -0.529 e. The molecule has 0 radical (unpaired) electrons. The number of carboxylic acid groups (broad SMARTS) is 1. The first-order chi connectivity index (χ1) is 12.1. The molecule has 0 aromatic heterocycles. The number of halogens is 6. The molecular formula is C9H8F6N2O8S3-2. The van der Waals surface area contributed by atoms with E-state index in [0.29, 0.717) is 6.92 Å². The van der Waals surface area contributed by atoms with Crippen LogP contribution in [0.1, 0.15) is 6.92 Å². The van der Waals surface area contributed by atoms with E-state index in [1.54, 1.807) is 4.85 Å². The van der Waals surface area contributed by atoms with E-state index < -0.39 is 67.8 Å². The maximum absolute atomic E-state index is 13.8. The second kappa shape index (κ2) is 7.14. The van der Waals surface area contributed by atoms with Gasteiger partial charge >= 0.3 is 26.5 Å². The van der Waals surface area contributed by atoms with Crippen LogP contribution in [0.25, 0.3) is 4.85 Å². The molecule has 19 heteroatoms. The molecule has 0 aromatic rings. The normalized spacial score (nSPS) is 14.2. The van der Waals surface area contributed by atoms with Crippen LogP contribution >= 0.6 is 0 Å². The number of rotatable bonds is 8. The summed E-state index contributed by atoms with van der Waals surface area (Å²) in [5.41, 5.74) is 0. The molecule has 0 unspecified atom stereocenters. The van der Waals surface area contributed by atoms with Crippen LogP contribution in [-0.2, 0) is 29.7 Å². The van der Waals surface area contributed by atoms with Gasteiger partial charge in [-0.15, -0.1) is 0 Å². The lowest BCUT2D eigenvalue weighted by Gasteiger charge is -2.36. The molecule has 0 heterocycles. The van der Waals surface area contributed by atoms with Gasteiger partial charge in [0.1, 0.15) is 9.84 Å². The molecule has 10 nitrogen and oxygen atoms in total. The van der Waals surface area contributed by atoms with Gasteiger partial charge in [-0.05, 0) is 6.92 Å². The summed E-state index contributed by atoms with van der Waals surface area (Å²) in [6.07, 6.45) is -3.23. The zero-order chi connectivity index (χ0) is 23.1. The Morgan fingerprint density at radius 1 is 1.04 bits per heavy atom. The van der Waals surface area contributed by atoms with Gasteiger partial charge in [0.2, 0.25) is 4.71 Å². The number of sulfonamides is 1. The van der Waals surface area contributed by atoms with Crippen molar-refractivity contribution in [2.75, 3.05) is 12.8 Å². The van der Waals surface area contributed by atoms with Crippen molar-refractivity contribution in [3.8, 4) is 0 Å². The fraction of sp³-hybridized carbons (Fsp3) is 0.667. The Morgan fingerprint density at radius 2 is 1.43 bits per heavy atom. The summed E-state index contributed by atoms with van der Waals surface area (Å²) in [4.78, 5) is 12.1. The van der Waals surface area contributed by atoms with Crippen LogP contribution in [0.3, 0.4) is 0 Å². The molecule has 0 saturated carbocycles. The quantitative estimate of drug-likeness (QED) is 0.336. The highest BCUT2D eigenvalue weighted by atomic mass is 32.3. The number of sulfone groups is 2. The molecule has 0 N–H and O–H groups in total. The molecule has 0 atom stereocenters. The molecule has 0 saturated heterocycles. The highest BCUT2D eigenvalue weighted by Gasteiger charge is 2.82. The molecule has 0 bridgehead atoms. The second-order valence-corrected chi connectivity index (χ2v) is 10.7. The van der Waals surface area contributed by atoms with Crippen molar-refractivity contribution in [3.63, 3.8) is 0 Å². The van der Waals surface area contributed by atoms with Gasteiger partial charge in [0.15, 0.2) is 15.9 Å². The predicted molar refractivity (Wildman–Crippen MR) is 75.1 cm³/mol. The Labute approximate surface area is 154 Å². The molecular weight excluding hydrogens is 474 g/mol. The summed E-state index contributed by atoms with van der Waals surface area (Å²) >= 11 is 0. The molecule has 0 fully saturated rings. The van der Waals surface area contributed by atoms with E-state index in [2.05, 4.69) is 0 Å². The summed E-state index contributed by atoms with van der Waals surface area (Å²) < 4.78 is 147. The Bertz CT molecular complexity index is 999. The standard InChI is InChI=1S/C9H9F6N2O8S3/c1-4-17(6(18)19)28(24,25)9(14,15)7(10,11)8(12,13)27(22,23)5(16-2)26(3,20)21/h4H2,1,3H3,(H,18,19)/q-1/p-1. The van der Waals surface area contributed by atoms with Gasteiger partial charge in [0, 0.05) is 12.8 Å². The lowest BCUT2D eigenvalue weighted by molar-refractivity contribution is -0.262. The number of hydrogen-bond donors (Lipinski definition) is 0. The number of alkyl halides is 6. The van der Waals surface area contributed by atoms with E-state index in [-0.39, 0.29) is 6.26 Å². The number of amides is 1. The van der Waals surface area contributed by atoms with Crippen molar-refractivity contribution in [2.45, 2.75) is 23.4 Å². The van der Waals surface area contributed by atoms with Gasteiger partial charge in [-0.2, -0.15) is 34.8 Å². The first kappa shape index (κ1) is 26.1. The minimum absolute atomic E-state index is 0.198. The zero-order valence-electron chi connectivity index (χ0n) is 13.4. The van der Waals surface area contributed by atoms with Gasteiger partial charge in [0.05, 0.1) is 0 Å². The highest BCUT2D eigenvalue weighted by molar-refractivity contribution is 8.13. The first-order valence-corrected chi connectivity index (χ1v) is 11.0. The largest absolute Gasteiger partial charge is 0.529 e. The number of hydrogen-bond acceptors (Lipinski definition) is 8. The summed E-state index contributed by atoms with van der Waals surface area (Å²) in [5.74, 6) is -7.43. The fourth-order valence-electron chi connectivity index (χ4n) is 1.49. The molecule has 0 aliphatic heterocycles. The Balaban J connectivity index is 6.89. The molecule has 0 spiro atoms. The van der Waals surface area contributed by atoms with Crippen molar-refractivity contribution in [2.24, 2.45) is 0 Å². The van der Waals surface area contributed by atoms with Crippen LogP contribution in [-0.4, -0.2) is 64.9 Å². The van der Waals surface area contributed by atoms with Gasteiger partial charge in [-0.25, -0.2) is 8.42 Å². The average molecular weight is 482 g/mol. The number of nitrogens with zero attached hydrogens (tertiary/aromatic N) is 2. The SMILES string of the molecule is [C-]#[N+][C-](S(C)(=O)=O)S(=O)(=O)C(F)(F)C(F)(F)C(F)(F)S(=O)(=O)N(CC)C(=O)[O-]. The molecule has 1 amide bonds. The summed E-state index contributed by atoms with van der Waals surface area (Å²) in [6.45, 7) is 5.23. The Kier molecular flexibility index (Phi) is 6.65. The molecule has 28 heavy (non-hydrogen) atoms. The topological polar surface area (TPSA) is 150 Å². The summed E-state index contributed by atoms with van der Waals surface area (Å²) in [7, 11) is -20.1. The van der Waals surface area contributed by atoms with Crippen LogP contribution in [0.15, 0.2) is 0 Å². The van der Waals surface area contributed by atoms with Crippen molar-refractivity contribution in [1.29, 1.82) is 0 Å². The van der Waals surface area contributed by atoms with Crippen LogP contribution in [0.2, 0.25) is 0 Å². The second-order valence-electron chi connectivity index (χ2n) is 4.70. The van der Waals surface area contributed by atoms with E-state index in [1.165, 1.54) is 0 Å². The fourth-order valence-corrected chi connectivity index (χ4v) is 5.70. The third-order valence-electron chi connectivity index (χ3n) is 2.81. The Morgan fingerprint density at radius 3 is 1.68 bits per heavy atom. The number of carbonyl (C=O) groups is 1. The van der Waals surface area contributed by atoms with E-state index in [1.807, 2.05) is 0 Å². The van der Waals surface area contributed by atoms with Crippen molar-refractivity contribution in [1.82, 2.24) is 4.31 Å². The Hall–Kier alpha value is -1.94. The third-order valence-corrected chi connectivity index (χ3v) is 8.48. The maximum Gasteiger partial charge on any atom is 0.433 e. The lowest BCUT2D eigenvalue weighted by Crippen LogP contribution is -2.65. The maximum atomic E-state index is 13.8. The monoisotopic (exact) mass is 482 g/mol. The smallest absolute Gasteiger partial charge is 0.433 e. The van der Waals surface area contributed by atoms with Gasteiger partial charge in [0.25, 0.3) is 0 Å². The van der Waals surface area contributed by atoms with E-state index in [0.717, 1.165) is 0 Å². The molecule has 0 aromatic carbocycles. The summed E-state index contributed by atoms with van der Waals surface area (Å²) in [5, 5.41) is -3.76. The van der Waals surface area contributed by atoms with Crippen LogP contribution < -0.4 is 5.11 Å². The zero-order valence-corrected chi connectivity index (χ0v) is 15.8. The lowest BCUT2D eigenvalue weighted by atomic mass is 10.3. The van der Waals surface area contributed by atoms with E-state index in [9.17, 15) is 61.5 Å². The van der Waals surface area contributed by atoms with Crippen LogP contribution in [0.5, 0.6) is 0 Å². The molecule has 0 aliphatic rings. The highest BCUT2D eigenvalue weighted by Crippen LogP contribution is 2.53. The van der Waals surface area contributed by atoms with Crippen LogP contribution in [0, 0.1) is 11.3 Å². The first-order valence-electron chi connectivity index (χ1n) is 6.14. The number of carbonyl (C=O) groups excluding carboxylic acids is 1. The van der Waals surface area contributed by atoms with E-state index >= 15 is 0 Å². The van der Waals surface area contributed by atoms with Crippen molar-refractivity contribution in [3.05, 3.63) is 16.1 Å². The van der Waals surface area contributed by atoms with Gasteiger partial charge in [-0.1, -0.05) is 0 Å². The van der Waals surface area contributed by atoms with Crippen molar-refractivity contribution < 1.29 is 61.5 Å². The predicted octanol–water partition coefficient (Wildman–Crippen LogP) is -0.372. The minimum atomic E-state index is -7.43. The molecule has 164 valence electrons. The average Bonchev–Trinajstić information content (AvgIpc) is 2.44. The van der Waals surface area contributed by atoms with Gasteiger partial charge < -0.3 is 14.7 Å². The van der Waals surface area contributed by atoms with Crippen molar-refractivity contribution >= 4 is 35.8 Å². The third kappa shape index (κ3) is 3.55. The molecule has 0 rings (SSSR count). The van der Waals surface area contributed by atoms with Crippen LogP contribution in [0.4, 0.5) is 31.1 Å². The van der Waals surface area contributed by atoms with Gasteiger partial charge in [-0.3, -0.25) is 19.3 Å². The summed E-state index contributed by atoms with van der Waals surface area (Å²) in [6, 6.07) is 0. The van der Waals surface area contributed by atoms with E-state index in [4.69, 9.17) is 6.57 Å².